The van der Waals surface area contributed by atoms with Gasteiger partial charge in [-0.3, -0.25) is 0 Å². The van der Waals surface area contributed by atoms with Crippen molar-refractivity contribution in [2.45, 2.75) is 30.7 Å². The number of phenols is 3. The van der Waals surface area contributed by atoms with Crippen LogP contribution in [0.3, 0.4) is 0 Å². The van der Waals surface area contributed by atoms with Crippen molar-refractivity contribution in [2.24, 2.45) is 0 Å². The first kappa shape index (κ1) is 17.2. The van der Waals surface area contributed by atoms with E-state index in [1.165, 1.54) is 0 Å². The van der Waals surface area contributed by atoms with Gasteiger partial charge in [0.2, 0.25) is 6.29 Å². The number of ether oxygens (including phenoxy) is 2. The summed E-state index contributed by atoms with van der Waals surface area (Å²) < 4.78 is 9.77. The van der Waals surface area contributed by atoms with Gasteiger partial charge in [0.1, 0.15) is 24.4 Å². The van der Waals surface area contributed by atoms with E-state index in [-0.39, 0.29) is 5.56 Å². The molecule has 2 rings (SSSR count). The SMILES string of the molecule is O=C(O[C@@H]1O[C@H](CO)[C@@H](O)[C@H](O)[C@@H]1O)c1cc(O)c(O)c(O)c1. The van der Waals surface area contributed by atoms with Gasteiger partial charge in [-0.2, -0.15) is 0 Å². The molecule has 10 heteroatoms. The van der Waals surface area contributed by atoms with Gasteiger partial charge in [0.15, 0.2) is 17.2 Å². The highest BCUT2D eigenvalue weighted by Gasteiger charge is 2.45. The summed E-state index contributed by atoms with van der Waals surface area (Å²) in [5.41, 5.74) is -0.366. The van der Waals surface area contributed by atoms with E-state index in [4.69, 9.17) is 14.6 Å². The lowest BCUT2D eigenvalue weighted by Crippen LogP contribution is -2.59. The first-order chi connectivity index (χ1) is 10.8. The van der Waals surface area contributed by atoms with Gasteiger partial charge in [0.05, 0.1) is 12.2 Å². The lowest BCUT2D eigenvalue weighted by Gasteiger charge is -2.39. The van der Waals surface area contributed by atoms with Crippen molar-refractivity contribution in [3.8, 4) is 17.2 Å². The molecule has 0 unspecified atom stereocenters. The van der Waals surface area contributed by atoms with E-state index in [9.17, 15) is 35.4 Å². The number of phenolic OH excluding ortho intramolecular Hbond substituents is 3. The van der Waals surface area contributed by atoms with Crippen LogP contribution in [0, 0.1) is 0 Å². The Kier molecular flexibility index (Phi) is 4.92. The molecule has 1 aliphatic heterocycles. The molecule has 5 atom stereocenters. The van der Waals surface area contributed by atoms with Crippen molar-refractivity contribution in [1.82, 2.24) is 0 Å². The predicted molar refractivity (Wildman–Crippen MR) is 70.6 cm³/mol. The Bertz CT molecular complexity index is 563. The number of hydrogen-bond donors (Lipinski definition) is 7. The number of carbonyl (C=O) groups is 1. The van der Waals surface area contributed by atoms with Crippen molar-refractivity contribution in [3.05, 3.63) is 17.7 Å². The van der Waals surface area contributed by atoms with Crippen LogP contribution in [-0.2, 0) is 9.47 Å². The monoisotopic (exact) mass is 332 g/mol. The third-order valence-corrected chi connectivity index (χ3v) is 3.38. The van der Waals surface area contributed by atoms with Gasteiger partial charge in [-0.25, -0.2) is 4.79 Å². The Morgan fingerprint density at radius 2 is 1.61 bits per heavy atom. The molecule has 1 aromatic carbocycles. The van der Waals surface area contributed by atoms with Gasteiger partial charge in [0.25, 0.3) is 0 Å². The second-order valence-corrected chi connectivity index (χ2v) is 4.97. The highest BCUT2D eigenvalue weighted by molar-refractivity contribution is 5.91. The Labute approximate surface area is 129 Å². The molecular weight excluding hydrogens is 316 g/mol. The fourth-order valence-electron chi connectivity index (χ4n) is 2.06. The van der Waals surface area contributed by atoms with Crippen molar-refractivity contribution in [2.75, 3.05) is 6.61 Å². The molecule has 1 fully saturated rings. The van der Waals surface area contributed by atoms with E-state index in [1.54, 1.807) is 0 Å². The molecule has 0 aliphatic carbocycles. The average Bonchev–Trinajstić information content (AvgIpc) is 2.52. The first-order valence-electron chi connectivity index (χ1n) is 6.52. The van der Waals surface area contributed by atoms with Gasteiger partial charge in [0, 0.05) is 0 Å². The molecule has 128 valence electrons. The minimum Gasteiger partial charge on any atom is -0.504 e. The van der Waals surface area contributed by atoms with Crippen LogP contribution in [0.1, 0.15) is 10.4 Å². The third kappa shape index (κ3) is 3.30. The number of aliphatic hydroxyl groups excluding tert-OH is 4. The predicted octanol–water partition coefficient (Wildman–Crippen LogP) is -2.24. The summed E-state index contributed by atoms with van der Waals surface area (Å²) in [5, 5.41) is 65.8. The molecule has 7 N–H and O–H groups in total. The highest BCUT2D eigenvalue weighted by atomic mass is 16.7. The average molecular weight is 332 g/mol. The van der Waals surface area contributed by atoms with Crippen LogP contribution in [-0.4, -0.2) is 79.0 Å². The maximum atomic E-state index is 11.9. The topological polar surface area (TPSA) is 177 Å². The molecule has 23 heavy (non-hydrogen) atoms. The second kappa shape index (κ2) is 6.56. The number of rotatable bonds is 3. The van der Waals surface area contributed by atoms with Crippen molar-refractivity contribution in [3.63, 3.8) is 0 Å². The summed E-state index contributed by atoms with van der Waals surface area (Å²) in [5.74, 6) is -3.52. The van der Waals surface area contributed by atoms with E-state index >= 15 is 0 Å². The van der Waals surface area contributed by atoms with Crippen LogP contribution in [0.25, 0.3) is 0 Å². The van der Waals surface area contributed by atoms with Crippen LogP contribution in [0.2, 0.25) is 0 Å². The maximum absolute atomic E-state index is 11.9. The molecule has 1 heterocycles. The number of esters is 1. The van der Waals surface area contributed by atoms with Crippen LogP contribution in [0.15, 0.2) is 12.1 Å². The summed E-state index contributed by atoms with van der Waals surface area (Å²) in [6.45, 7) is -0.695. The Hall–Kier alpha value is -2.11. The summed E-state index contributed by atoms with van der Waals surface area (Å²) in [7, 11) is 0. The van der Waals surface area contributed by atoms with Crippen LogP contribution in [0.5, 0.6) is 17.2 Å². The van der Waals surface area contributed by atoms with Crippen molar-refractivity contribution >= 4 is 5.97 Å². The van der Waals surface area contributed by atoms with Gasteiger partial charge < -0.3 is 45.2 Å². The van der Waals surface area contributed by atoms with E-state index in [0.29, 0.717) is 0 Å². The highest BCUT2D eigenvalue weighted by Crippen LogP contribution is 2.35. The molecule has 0 saturated carbocycles. The summed E-state index contributed by atoms with van der Waals surface area (Å²) in [6, 6.07) is 1.61. The lowest BCUT2D eigenvalue weighted by molar-refractivity contribution is -0.285. The van der Waals surface area contributed by atoms with Crippen LogP contribution >= 0.6 is 0 Å². The number of carbonyl (C=O) groups excluding carboxylic acids is 1. The fourth-order valence-corrected chi connectivity index (χ4v) is 2.06. The van der Waals surface area contributed by atoms with E-state index in [0.717, 1.165) is 12.1 Å². The van der Waals surface area contributed by atoms with Crippen molar-refractivity contribution < 1.29 is 50.0 Å². The molecular formula is C13H16O10. The molecule has 1 aromatic rings. The minimum absolute atomic E-state index is 0.366. The van der Waals surface area contributed by atoms with E-state index in [2.05, 4.69) is 0 Å². The Morgan fingerprint density at radius 3 is 2.13 bits per heavy atom. The standard InChI is InChI=1S/C13H16O10/c14-3-7-9(18)10(19)11(20)13(22-7)23-12(21)4-1-5(15)8(17)6(16)2-4/h1-2,7,9-11,13-20H,3H2/t7-,9-,10+,11+,13+/m1/s1. The van der Waals surface area contributed by atoms with E-state index < -0.39 is 60.5 Å². The fraction of sp³-hybridized carbons (Fsp3) is 0.462. The smallest absolute Gasteiger partial charge is 0.340 e. The maximum Gasteiger partial charge on any atom is 0.340 e. The zero-order valence-electron chi connectivity index (χ0n) is 11.6. The molecule has 1 aliphatic rings. The number of aliphatic hydroxyl groups is 4. The molecule has 0 bridgehead atoms. The van der Waals surface area contributed by atoms with Gasteiger partial charge in [-0.15, -0.1) is 0 Å². The number of benzene rings is 1. The molecule has 10 nitrogen and oxygen atoms in total. The zero-order chi connectivity index (χ0) is 17.3. The molecule has 0 spiro atoms. The molecule has 0 amide bonds. The normalized spacial score (nSPS) is 30.9. The molecule has 1 saturated heterocycles. The number of aromatic hydroxyl groups is 3. The molecule has 0 radical (unpaired) electrons. The molecule has 0 aromatic heterocycles. The van der Waals surface area contributed by atoms with Gasteiger partial charge in [-0.1, -0.05) is 0 Å². The van der Waals surface area contributed by atoms with Gasteiger partial charge >= 0.3 is 5.97 Å². The van der Waals surface area contributed by atoms with Crippen LogP contribution < -0.4 is 0 Å². The van der Waals surface area contributed by atoms with Gasteiger partial charge in [-0.05, 0) is 12.1 Å². The Morgan fingerprint density at radius 1 is 1.04 bits per heavy atom. The summed E-state index contributed by atoms with van der Waals surface area (Å²) >= 11 is 0. The minimum atomic E-state index is -1.78. The number of hydrogen-bond acceptors (Lipinski definition) is 10. The third-order valence-electron chi connectivity index (χ3n) is 3.38. The quantitative estimate of drug-likeness (QED) is 0.236. The first-order valence-corrected chi connectivity index (χ1v) is 6.52. The summed E-state index contributed by atoms with van der Waals surface area (Å²) in [4.78, 5) is 11.9. The van der Waals surface area contributed by atoms with E-state index in [1.807, 2.05) is 0 Å². The van der Waals surface area contributed by atoms with Crippen LogP contribution in [0.4, 0.5) is 0 Å². The summed E-state index contributed by atoms with van der Waals surface area (Å²) in [6.07, 6.45) is -8.06. The second-order valence-electron chi connectivity index (χ2n) is 4.97. The largest absolute Gasteiger partial charge is 0.504 e. The zero-order valence-corrected chi connectivity index (χ0v) is 11.6. The van der Waals surface area contributed by atoms with Crippen molar-refractivity contribution in [1.29, 1.82) is 0 Å². The lowest BCUT2D eigenvalue weighted by atomic mass is 9.99. The Balaban J connectivity index is 2.16.